The van der Waals surface area contributed by atoms with Crippen molar-refractivity contribution in [2.75, 3.05) is 11.5 Å². The maximum absolute atomic E-state index is 13.4. The summed E-state index contributed by atoms with van der Waals surface area (Å²) in [4.78, 5) is 28.1. The van der Waals surface area contributed by atoms with Crippen LogP contribution in [0.1, 0.15) is 56.0 Å². The molecular weight excluding hydrogens is 454 g/mol. The van der Waals surface area contributed by atoms with Crippen LogP contribution in [0.25, 0.3) is 5.76 Å². The number of ether oxygens (including phenoxy) is 1. The zero-order chi connectivity index (χ0) is 26.2. The molecule has 6 heteroatoms. The summed E-state index contributed by atoms with van der Waals surface area (Å²) < 4.78 is 5.80. The van der Waals surface area contributed by atoms with E-state index in [0.717, 1.165) is 11.1 Å². The second kappa shape index (κ2) is 9.53. The van der Waals surface area contributed by atoms with Crippen molar-refractivity contribution in [1.29, 1.82) is 0 Å². The van der Waals surface area contributed by atoms with E-state index < -0.39 is 17.7 Å². The SMILES string of the molecule is CCOc1ccc(/C(O)=C2/C(=O)C(=O)N(c3ccc(C)cc3)C2c2ccc(O)cc2)cc1C(C)(C)C. The number of ketones is 1. The van der Waals surface area contributed by atoms with Crippen molar-refractivity contribution < 1.29 is 24.5 Å². The van der Waals surface area contributed by atoms with Gasteiger partial charge in [0.1, 0.15) is 17.3 Å². The van der Waals surface area contributed by atoms with E-state index in [1.54, 1.807) is 36.4 Å². The first kappa shape index (κ1) is 25.0. The van der Waals surface area contributed by atoms with Crippen molar-refractivity contribution in [3.8, 4) is 11.5 Å². The molecule has 0 radical (unpaired) electrons. The molecule has 3 aromatic rings. The minimum Gasteiger partial charge on any atom is -0.508 e. The number of carbonyl (C=O) groups is 2. The topological polar surface area (TPSA) is 87.1 Å². The summed E-state index contributed by atoms with van der Waals surface area (Å²) in [6.45, 7) is 10.5. The molecule has 1 aliphatic heterocycles. The number of Topliss-reactive ketones (excluding diaryl/α,β-unsaturated/α-hetero) is 1. The zero-order valence-corrected chi connectivity index (χ0v) is 21.2. The van der Waals surface area contributed by atoms with Gasteiger partial charge in [-0.3, -0.25) is 14.5 Å². The Morgan fingerprint density at radius 3 is 2.19 bits per heavy atom. The van der Waals surface area contributed by atoms with Crippen LogP contribution in [-0.4, -0.2) is 28.5 Å². The molecule has 0 spiro atoms. The fourth-order valence-electron chi connectivity index (χ4n) is 4.48. The average molecular weight is 486 g/mol. The number of amides is 1. The van der Waals surface area contributed by atoms with Crippen LogP contribution >= 0.6 is 0 Å². The lowest BCUT2D eigenvalue weighted by molar-refractivity contribution is -0.132. The number of aliphatic hydroxyl groups excluding tert-OH is 1. The monoisotopic (exact) mass is 485 g/mol. The number of benzene rings is 3. The predicted molar refractivity (Wildman–Crippen MR) is 140 cm³/mol. The molecule has 1 saturated heterocycles. The summed E-state index contributed by atoms with van der Waals surface area (Å²) in [6.07, 6.45) is 0. The van der Waals surface area contributed by atoms with Gasteiger partial charge in [-0.05, 0) is 67.3 Å². The van der Waals surface area contributed by atoms with Gasteiger partial charge in [-0.15, -0.1) is 0 Å². The van der Waals surface area contributed by atoms with Crippen molar-refractivity contribution in [1.82, 2.24) is 0 Å². The van der Waals surface area contributed by atoms with Crippen LogP contribution in [0.4, 0.5) is 5.69 Å². The van der Waals surface area contributed by atoms with E-state index in [9.17, 15) is 19.8 Å². The summed E-state index contributed by atoms with van der Waals surface area (Å²) in [5.41, 5.74) is 3.16. The maximum Gasteiger partial charge on any atom is 0.300 e. The lowest BCUT2D eigenvalue weighted by Gasteiger charge is -2.26. The molecule has 0 aliphatic carbocycles. The molecule has 1 heterocycles. The number of hydrogen-bond donors (Lipinski definition) is 2. The fraction of sp³-hybridized carbons (Fsp3) is 0.267. The third-order valence-electron chi connectivity index (χ3n) is 6.33. The minimum atomic E-state index is -0.863. The Hall–Kier alpha value is -4.06. The Kier molecular flexibility index (Phi) is 6.63. The highest BCUT2D eigenvalue weighted by Crippen LogP contribution is 2.43. The lowest BCUT2D eigenvalue weighted by Crippen LogP contribution is -2.29. The number of anilines is 1. The molecule has 4 rings (SSSR count). The van der Waals surface area contributed by atoms with Gasteiger partial charge in [-0.25, -0.2) is 0 Å². The number of aryl methyl sites for hydroxylation is 1. The zero-order valence-electron chi connectivity index (χ0n) is 21.2. The highest BCUT2D eigenvalue weighted by atomic mass is 16.5. The van der Waals surface area contributed by atoms with Gasteiger partial charge in [0, 0.05) is 16.8 Å². The molecule has 1 atom stereocenters. The average Bonchev–Trinajstić information content (AvgIpc) is 3.10. The Bertz CT molecular complexity index is 1330. The molecule has 186 valence electrons. The first-order chi connectivity index (χ1) is 17.0. The van der Waals surface area contributed by atoms with Gasteiger partial charge in [-0.2, -0.15) is 0 Å². The first-order valence-corrected chi connectivity index (χ1v) is 12.0. The normalized spacial score (nSPS) is 17.5. The number of aliphatic hydroxyl groups is 1. The smallest absolute Gasteiger partial charge is 0.300 e. The summed E-state index contributed by atoms with van der Waals surface area (Å²) in [7, 11) is 0. The van der Waals surface area contributed by atoms with Gasteiger partial charge >= 0.3 is 0 Å². The molecule has 36 heavy (non-hydrogen) atoms. The van der Waals surface area contributed by atoms with Crippen molar-refractivity contribution in [2.24, 2.45) is 0 Å². The number of phenolic OH excluding ortho intramolecular Hbond substituents is 1. The molecule has 1 amide bonds. The summed E-state index contributed by atoms with van der Waals surface area (Å²) in [5, 5.41) is 21.3. The number of carbonyl (C=O) groups excluding carboxylic acids is 2. The highest BCUT2D eigenvalue weighted by molar-refractivity contribution is 6.51. The van der Waals surface area contributed by atoms with E-state index in [1.165, 1.54) is 17.0 Å². The third-order valence-corrected chi connectivity index (χ3v) is 6.33. The van der Waals surface area contributed by atoms with Gasteiger partial charge in [0.15, 0.2) is 0 Å². The number of phenols is 1. The van der Waals surface area contributed by atoms with Gasteiger partial charge in [0.25, 0.3) is 11.7 Å². The molecule has 1 aliphatic rings. The summed E-state index contributed by atoms with van der Waals surface area (Å²) in [5.74, 6) is -0.975. The van der Waals surface area contributed by atoms with Gasteiger partial charge in [-0.1, -0.05) is 50.6 Å². The van der Waals surface area contributed by atoms with Gasteiger partial charge < -0.3 is 14.9 Å². The molecular formula is C30H31NO5. The molecule has 0 aromatic heterocycles. The minimum absolute atomic E-state index is 0.00437. The molecule has 2 N–H and O–H groups in total. The lowest BCUT2D eigenvalue weighted by atomic mass is 9.84. The molecule has 0 saturated carbocycles. The molecule has 1 fully saturated rings. The van der Waals surface area contributed by atoms with Crippen LogP contribution in [0, 0.1) is 6.92 Å². The number of aromatic hydroxyl groups is 1. The van der Waals surface area contributed by atoms with Crippen LogP contribution < -0.4 is 9.64 Å². The molecule has 3 aromatic carbocycles. The van der Waals surface area contributed by atoms with E-state index in [4.69, 9.17) is 4.74 Å². The second-order valence-corrected chi connectivity index (χ2v) is 9.99. The largest absolute Gasteiger partial charge is 0.508 e. The van der Waals surface area contributed by atoms with E-state index in [0.29, 0.717) is 29.2 Å². The van der Waals surface area contributed by atoms with Crippen LogP contribution in [0.15, 0.2) is 72.3 Å². The predicted octanol–water partition coefficient (Wildman–Crippen LogP) is 6.02. The number of rotatable bonds is 5. The van der Waals surface area contributed by atoms with Crippen molar-refractivity contribution >= 4 is 23.1 Å². The van der Waals surface area contributed by atoms with Crippen molar-refractivity contribution in [2.45, 2.75) is 46.1 Å². The van der Waals surface area contributed by atoms with Crippen LogP contribution in [0.2, 0.25) is 0 Å². The van der Waals surface area contributed by atoms with Gasteiger partial charge in [0.2, 0.25) is 0 Å². The van der Waals surface area contributed by atoms with Crippen LogP contribution in [0.3, 0.4) is 0 Å². The third kappa shape index (κ3) is 4.59. The van der Waals surface area contributed by atoms with Crippen LogP contribution in [-0.2, 0) is 15.0 Å². The fourth-order valence-corrected chi connectivity index (χ4v) is 4.48. The van der Waals surface area contributed by atoms with Crippen LogP contribution in [0.5, 0.6) is 11.5 Å². The Balaban J connectivity index is 1.94. The van der Waals surface area contributed by atoms with E-state index in [2.05, 4.69) is 0 Å². The first-order valence-electron chi connectivity index (χ1n) is 12.0. The highest BCUT2D eigenvalue weighted by Gasteiger charge is 2.47. The van der Waals surface area contributed by atoms with E-state index in [-0.39, 0.29) is 22.5 Å². The van der Waals surface area contributed by atoms with Crippen molar-refractivity contribution in [3.05, 3.63) is 94.6 Å². The number of hydrogen-bond acceptors (Lipinski definition) is 5. The Labute approximate surface area is 211 Å². The second-order valence-electron chi connectivity index (χ2n) is 9.99. The molecule has 1 unspecified atom stereocenters. The molecule has 0 bridgehead atoms. The standard InChI is InChI=1S/C30H31NO5/c1-6-36-24-16-11-20(17-23(24)30(3,4)5)27(33)25-26(19-9-14-22(32)15-10-19)31(29(35)28(25)34)21-12-7-18(2)8-13-21/h7-17,26,32-33H,6H2,1-5H3/b27-25-. The quantitative estimate of drug-likeness (QED) is 0.262. The number of nitrogens with zero attached hydrogens (tertiary/aromatic N) is 1. The summed E-state index contributed by atoms with van der Waals surface area (Å²) in [6, 6.07) is 18.0. The summed E-state index contributed by atoms with van der Waals surface area (Å²) >= 11 is 0. The van der Waals surface area contributed by atoms with E-state index in [1.807, 2.05) is 52.8 Å². The Morgan fingerprint density at radius 2 is 1.61 bits per heavy atom. The van der Waals surface area contributed by atoms with Crippen molar-refractivity contribution in [3.63, 3.8) is 0 Å². The van der Waals surface area contributed by atoms with Gasteiger partial charge in [0.05, 0.1) is 18.2 Å². The van der Waals surface area contributed by atoms with E-state index >= 15 is 0 Å². The Morgan fingerprint density at radius 1 is 0.972 bits per heavy atom. The molecule has 6 nitrogen and oxygen atoms in total. The maximum atomic E-state index is 13.4.